The Morgan fingerprint density at radius 1 is 0.641 bits per heavy atom. The number of methoxy groups -OCH3 is 2. The van der Waals surface area contributed by atoms with E-state index in [2.05, 4.69) is 93.4 Å². The lowest BCUT2D eigenvalue weighted by Crippen LogP contribution is -2.51. The number of aromatic nitrogens is 4. The van der Waals surface area contributed by atoms with E-state index in [1.54, 1.807) is 0 Å². The van der Waals surface area contributed by atoms with Crippen molar-refractivity contribution in [1.29, 1.82) is 0 Å². The molecular formula is C50H56N8O6. The molecule has 0 radical (unpaired) electrons. The fourth-order valence-electron chi connectivity index (χ4n) is 9.12. The summed E-state index contributed by atoms with van der Waals surface area (Å²) in [4.78, 5) is 72.2. The molecule has 2 aliphatic heterocycles. The van der Waals surface area contributed by atoms with Gasteiger partial charge in [-0.1, -0.05) is 107 Å². The third kappa shape index (κ3) is 9.08. The number of carbonyl (C=O) groups is 4. The van der Waals surface area contributed by atoms with E-state index in [1.165, 1.54) is 14.2 Å². The van der Waals surface area contributed by atoms with Crippen molar-refractivity contribution in [3.8, 4) is 33.6 Å². The Morgan fingerprint density at radius 2 is 1.16 bits per heavy atom. The van der Waals surface area contributed by atoms with E-state index in [-0.39, 0.29) is 41.7 Å². The zero-order valence-corrected chi connectivity index (χ0v) is 37.1. The fourth-order valence-corrected chi connectivity index (χ4v) is 9.12. The van der Waals surface area contributed by atoms with Crippen molar-refractivity contribution in [3.63, 3.8) is 0 Å². The van der Waals surface area contributed by atoms with Gasteiger partial charge in [0.25, 0.3) is 0 Å². The maximum atomic E-state index is 14.1. The second-order valence-electron chi connectivity index (χ2n) is 17.5. The largest absolute Gasteiger partial charge is 0.453 e. The number of amides is 4. The molecule has 0 aliphatic carbocycles. The first-order valence-corrected chi connectivity index (χ1v) is 22.0. The van der Waals surface area contributed by atoms with Crippen LogP contribution in [0.2, 0.25) is 0 Å². The van der Waals surface area contributed by atoms with Gasteiger partial charge in [0.15, 0.2) is 0 Å². The Balaban J connectivity index is 0.968. The van der Waals surface area contributed by atoms with E-state index in [0.29, 0.717) is 25.3 Å². The van der Waals surface area contributed by atoms with Gasteiger partial charge in [-0.3, -0.25) is 9.59 Å². The van der Waals surface area contributed by atoms with E-state index in [4.69, 9.17) is 19.4 Å². The molecule has 64 heavy (non-hydrogen) atoms. The number of likely N-dealkylation sites (tertiary alicyclic amines) is 2. The van der Waals surface area contributed by atoms with Crippen molar-refractivity contribution in [2.45, 2.75) is 77.0 Å². The average molecular weight is 865 g/mol. The van der Waals surface area contributed by atoms with Crippen LogP contribution in [0.4, 0.5) is 9.59 Å². The van der Waals surface area contributed by atoms with Crippen LogP contribution in [0, 0.1) is 11.8 Å². The molecule has 2 aliphatic rings. The molecule has 332 valence electrons. The Labute approximate surface area is 373 Å². The van der Waals surface area contributed by atoms with Gasteiger partial charge in [0, 0.05) is 24.6 Å². The standard InChI is InChI=1S/C50H56N8O6/c1-29(2)43(55-49(61)63-5)47(59)57-22-10-13-41(57)45-51-27-40(54-45)37-21-20-35-23-34(18-19-36(35)24-37)32-14-16-33(17-15-32)39-26-52-46(53-39)42-25-38(31-11-8-7-9-12-31)28-58(42)48(60)44(30(3)4)56-50(62)64-6/h7-9,11-12,14-21,23-24,26-27,29-30,38,41-44H,10,13,22,25,28H2,1-6H3,(H,51,54)(H,52,53)(H,55,61)(H,56,62). The highest BCUT2D eigenvalue weighted by Gasteiger charge is 2.42. The third-order valence-corrected chi connectivity index (χ3v) is 12.7. The number of hydrogen-bond acceptors (Lipinski definition) is 8. The highest BCUT2D eigenvalue weighted by molar-refractivity contribution is 5.91. The summed E-state index contributed by atoms with van der Waals surface area (Å²) in [7, 11) is 2.59. The van der Waals surface area contributed by atoms with Crippen molar-refractivity contribution in [2.24, 2.45) is 11.8 Å². The number of rotatable bonds is 12. The van der Waals surface area contributed by atoms with Gasteiger partial charge in [-0.15, -0.1) is 0 Å². The van der Waals surface area contributed by atoms with Crippen LogP contribution in [0.15, 0.2) is 103 Å². The smallest absolute Gasteiger partial charge is 0.407 e. The van der Waals surface area contributed by atoms with Crippen LogP contribution in [0.5, 0.6) is 0 Å². The Kier molecular flexibility index (Phi) is 12.8. The van der Waals surface area contributed by atoms with Gasteiger partial charge in [-0.05, 0) is 76.3 Å². The SMILES string of the molecule is COC(=O)NC(C(=O)N1CCCC1c1ncc(-c2ccc3cc(-c4ccc(-c5cnc(C6CC(c7ccccc7)CN6C(=O)C(NC(=O)OC)C(C)C)[nH]5)cc4)ccc3c2)[nH]1)C(C)C. The Bertz CT molecular complexity index is 2620. The molecule has 0 bridgehead atoms. The number of H-pyrrole nitrogens is 2. The zero-order valence-electron chi connectivity index (χ0n) is 37.1. The average Bonchev–Trinajstić information content (AvgIpc) is 4.16. The van der Waals surface area contributed by atoms with Crippen LogP contribution >= 0.6 is 0 Å². The summed E-state index contributed by atoms with van der Waals surface area (Å²) >= 11 is 0. The van der Waals surface area contributed by atoms with Crippen molar-refractivity contribution in [2.75, 3.05) is 27.3 Å². The van der Waals surface area contributed by atoms with Gasteiger partial charge in [0.1, 0.15) is 23.7 Å². The summed E-state index contributed by atoms with van der Waals surface area (Å²) < 4.78 is 9.63. The number of fused-ring (bicyclic) bond motifs is 1. The highest BCUT2D eigenvalue weighted by Crippen LogP contribution is 2.41. The first-order valence-electron chi connectivity index (χ1n) is 22.0. The number of hydrogen-bond donors (Lipinski definition) is 4. The normalized spacial score (nSPS) is 18.3. The molecule has 4 aromatic carbocycles. The lowest BCUT2D eigenvalue weighted by atomic mass is 9.96. The van der Waals surface area contributed by atoms with Crippen molar-refractivity contribution < 1.29 is 28.7 Å². The number of nitrogens with zero attached hydrogens (tertiary/aromatic N) is 4. The molecular weight excluding hydrogens is 809 g/mol. The van der Waals surface area contributed by atoms with Crippen LogP contribution in [-0.2, 0) is 19.1 Å². The van der Waals surface area contributed by atoms with Crippen LogP contribution < -0.4 is 10.6 Å². The number of ether oxygens (including phenoxy) is 2. The maximum Gasteiger partial charge on any atom is 0.407 e. The summed E-state index contributed by atoms with van der Waals surface area (Å²) in [6, 6.07) is 29.4. The van der Waals surface area contributed by atoms with Crippen LogP contribution in [0.25, 0.3) is 44.4 Å². The van der Waals surface area contributed by atoms with Crippen LogP contribution in [0.3, 0.4) is 0 Å². The monoisotopic (exact) mass is 864 g/mol. The van der Waals surface area contributed by atoms with Gasteiger partial charge in [0.05, 0.1) is 50.1 Å². The minimum Gasteiger partial charge on any atom is -0.453 e. The summed E-state index contributed by atoms with van der Waals surface area (Å²) in [5.41, 5.74) is 6.98. The molecule has 0 spiro atoms. The summed E-state index contributed by atoms with van der Waals surface area (Å²) in [6.45, 7) is 8.73. The van der Waals surface area contributed by atoms with Gasteiger partial charge in [-0.25, -0.2) is 19.6 Å². The quantitative estimate of drug-likeness (QED) is 0.0945. The van der Waals surface area contributed by atoms with E-state index in [0.717, 1.165) is 68.6 Å². The number of alkyl carbamates (subject to hydrolysis) is 2. The minimum atomic E-state index is -0.746. The lowest BCUT2D eigenvalue weighted by Gasteiger charge is -2.30. The molecule has 2 aromatic heterocycles. The van der Waals surface area contributed by atoms with Crippen molar-refractivity contribution in [1.82, 2.24) is 40.4 Å². The van der Waals surface area contributed by atoms with E-state index >= 15 is 0 Å². The lowest BCUT2D eigenvalue weighted by molar-refractivity contribution is -0.136. The molecule has 2 saturated heterocycles. The molecule has 6 aromatic rings. The molecule has 5 atom stereocenters. The summed E-state index contributed by atoms with van der Waals surface area (Å²) in [5.74, 6) is 0.969. The molecule has 8 rings (SSSR count). The topological polar surface area (TPSA) is 175 Å². The number of nitrogens with one attached hydrogen (secondary N) is 4. The molecule has 5 unspecified atom stereocenters. The molecule has 4 amide bonds. The molecule has 0 saturated carbocycles. The van der Waals surface area contributed by atoms with Gasteiger partial charge in [0.2, 0.25) is 11.8 Å². The van der Waals surface area contributed by atoms with Crippen LogP contribution in [0.1, 0.15) is 82.2 Å². The number of carbonyl (C=O) groups excluding carboxylic acids is 4. The van der Waals surface area contributed by atoms with E-state index < -0.39 is 24.3 Å². The number of aromatic amines is 2. The van der Waals surface area contributed by atoms with Crippen molar-refractivity contribution in [3.05, 3.63) is 121 Å². The molecule has 2 fully saturated rings. The van der Waals surface area contributed by atoms with E-state index in [1.807, 2.05) is 68.1 Å². The first-order chi connectivity index (χ1) is 30.9. The summed E-state index contributed by atoms with van der Waals surface area (Å²) in [6.07, 6.45) is 4.69. The highest BCUT2D eigenvalue weighted by atomic mass is 16.5. The molecule has 4 heterocycles. The second kappa shape index (κ2) is 18.8. The van der Waals surface area contributed by atoms with E-state index in [9.17, 15) is 19.2 Å². The van der Waals surface area contributed by atoms with Gasteiger partial charge < -0.3 is 39.9 Å². The molecule has 14 nitrogen and oxygen atoms in total. The van der Waals surface area contributed by atoms with Crippen LogP contribution in [-0.4, -0.2) is 93.1 Å². The number of imidazole rings is 2. The van der Waals surface area contributed by atoms with Crippen molar-refractivity contribution >= 4 is 34.8 Å². The molecule has 4 N–H and O–H groups in total. The maximum absolute atomic E-state index is 14.1. The number of benzene rings is 4. The zero-order chi connectivity index (χ0) is 45.1. The second-order valence-corrected chi connectivity index (χ2v) is 17.5. The Hall–Kier alpha value is -6.96. The van der Waals surface area contributed by atoms with Gasteiger partial charge >= 0.3 is 12.2 Å². The minimum absolute atomic E-state index is 0.107. The fraction of sp³-hybridized carbons (Fsp3) is 0.360. The first kappa shape index (κ1) is 43.7. The Morgan fingerprint density at radius 3 is 1.75 bits per heavy atom. The third-order valence-electron chi connectivity index (χ3n) is 12.7. The predicted octanol–water partition coefficient (Wildman–Crippen LogP) is 8.77. The summed E-state index contributed by atoms with van der Waals surface area (Å²) in [5, 5.41) is 7.64. The van der Waals surface area contributed by atoms with Gasteiger partial charge in [-0.2, -0.15) is 0 Å². The molecule has 14 heteroatoms. The predicted molar refractivity (Wildman–Crippen MR) is 245 cm³/mol.